The highest BCUT2D eigenvalue weighted by atomic mass is 16.2. The quantitative estimate of drug-likeness (QED) is 0.670. The molecule has 0 spiro atoms. The van der Waals surface area contributed by atoms with Crippen LogP contribution in [0.25, 0.3) is 0 Å². The van der Waals surface area contributed by atoms with E-state index in [4.69, 9.17) is 0 Å². The van der Waals surface area contributed by atoms with Gasteiger partial charge in [-0.3, -0.25) is 0 Å². The van der Waals surface area contributed by atoms with E-state index >= 15 is 0 Å². The molecule has 2 amide bonds. The molecule has 0 aromatic carbocycles. The minimum atomic E-state index is 0.0735. The molecule has 0 unspecified atom stereocenters. The van der Waals surface area contributed by atoms with Gasteiger partial charge >= 0.3 is 6.03 Å². The Morgan fingerprint density at radius 3 is 2.58 bits per heavy atom. The topological polar surface area (TPSA) is 32.3 Å². The molecule has 0 atom stereocenters. The molecule has 0 aromatic heterocycles. The van der Waals surface area contributed by atoms with E-state index in [1.165, 1.54) is 12.8 Å². The summed E-state index contributed by atoms with van der Waals surface area (Å²) in [5.74, 6) is 0. The second-order valence-corrected chi connectivity index (χ2v) is 3.45. The lowest BCUT2D eigenvalue weighted by Gasteiger charge is -2.19. The third-order valence-corrected chi connectivity index (χ3v) is 2.50. The van der Waals surface area contributed by atoms with Crippen molar-refractivity contribution in [3.63, 3.8) is 0 Å². The van der Waals surface area contributed by atoms with Gasteiger partial charge in [0, 0.05) is 19.6 Å². The fourth-order valence-electron chi connectivity index (χ4n) is 1.50. The van der Waals surface area contributed by atoms with Gasteiger partial charge in [-0.05, 0) is 19.8 Å². The summed E-state index contributed by atoms with van der Waals surface area (Å²) in [7, 11) is 1.82. The van der Waals surface area contributed by atoms with E-state index in [9.17, 15) is 4.79 Å². The molecule has 0 radical (unpaired) electrons. The van der Waals surface area contributed by atoms with Crippen LogP contribution in [0.4, 0.5) is 4.79 Å². The number of carbonyl (C=O) groups is 1. The lowest BCUT2D eigenvalue weighted by molar-refractivity contribution is 0.207. The van der Waals surface area contributed by atoms with Gasteiger partial charge in [-0.2, -0.15) is 0 Å². The Balaban J connectivity index is 2.25. The normalized spacial score (nSPS) is 17.8. The zero-order chi connectivity index (χ0) is 8.97. The van der Waals surface area contributed by atoms with Gasteiger partial charge < -0.3 is 10.2 Å². The summed E-state index contributed by atoms with van der Waals surface area (Å²) >= 11 is 0. The molecule has 70 valence electrons. The maximum atomic E-state index is 11.3. The minimum absolute atomic E-state index is 0.0735. The molecular weight excluding hydrogens is 152 g/mol. The zero-order valence-electron chi connectivity index (χ0n) is 7.97. The summed E-state index contributed by atoms with van der Waals surface area (Å²) in [5, 5.41) is 3.02. The van der Waals surface area contributed by atoms with Gasteiger partial charge in [0.2, 0.25) is 0 Å². The van der Waals surface area contributed by atoms with Crippen LogP contribution in [-0.2, 0) is 0 Å². The van der Waals surface area contributed by atoms with E-state index in [1.807, 2.05) is 14.0 Å². The minimum Gasteiger partial charge on any atom is -0.335 e. The Bertz CT molecular complexity index is 153. The Hall–Kier alpha value is -0.730. The molecule has 1 saturated carbocycles. The maximum Gasteiger partial charge on any atom is 0.317 e. The van der Waals surface area contributed by atoms with Crippen molar-refractivity contribution in [2.45, 2.75) is 38.6 Å². The van der Waals surface area contributed by atoms with Crippen LogP contribution in [0.15, 0.2) is 0 Å². The van der Waals surface area contributed by atoms with E-state index in [-0.39, 0.29) is 6.03 Å². The Labute approximate surface area is 74.1 Å². The van der Waals surface area contributed by atoms with Crippen LogP contribution in [0.1, 0.15) is 32.6 Å². The van der Waals surface area contributed by atoms with Crippen LogP contribution in [-0.4, -0.2) is 30.6 Å². The van der Waals surface area contributed by atoms with E-state index in [1.54, 1.807) is 4.90 Å². The number of hydrogen-bond acceptors (Lipinski definition) is 1. The summed E-state index contributed by atoms with van der Waals surface area (Å²) in [6.07, 6.45) is 4.84. The van der Waals surface area contributed by atoms with Gasteiger partial charge in [-0.15, -0.1) is 0 Å². The first kappa shape index (κ1) is 9.36. The summed E-state index contributed by atoms with van der Waals surface area (Å²) < 4.78 is 0. The molecule has 12 heavy (non-hydrogen) atoms. The highest BCUT2D eigenvalue weighted by Gasteiger charge is 2.17. The van der Waals surface area contributed by atoms with Gasteiger partial charge in [-0.1, -0.05) is 12.8 Å². The average Bonchev–Trinajstić information content (AvgIpc) is 2.55. The van der Waals surface area contributed by atoms with Crippen molar-refractivity contribution in [3.05, 3.63) is 0 Å². The van der Waals surface area contributed by atoms with Crippen LogP contribution in [0, 0.1) is 0 Å². The summed E-state index contributed by atoms with van der Waals surface area (Å²) in [4.78, 5) is 13.1. The van der Waals surface area contributed by atoms with Crippen LogP contribution < -0.4 is 5.32 Å². The molecule has 3 nitrogen and oxygen atoms in total. The SMILES string of the molecule is CCN(C)C(=O)NC1CCCC1. The van der Waals surface area contributed by atoms with Crippen LogP contribution in [0.2, 0.25) is 0 Å². The number of rotatable bonds is 2. The molecular formula is C9H18N2O. The molecule has 1 rings (SSSR count). The van der Waals surface area contributed by atoms with E-state index < -0.39 is 0 Å². The van der Waals surface area contributed by atoms with Crippen molar-refractivity contribution in [2.75, 3.05) is 13.6 Å². The molecule has 1 aliphatic carbocycles. The van der Waals surface area contributed by atoms with Crippen LogP contribution >= 0.6 is 0 Å². The maximum absolute atomic E-state index is 11.3. The fraction of sp³-hybridized carbons (Fsp3) is 0.889. The highest BCUT2D eigenvalue weighted by Crippen LogP contribution is 2.17. The van der Waals surface area contributed by atoms with Crippen molar-refractivity contribution in [3.8, 4) is 0 Å². The number of amides is 2. The van der Waals surface area contributed by atoms with Gasteiger partial charge in [-0.25, -0.2) is 4.79 Å². The lowest BCUT2D eigenvalue weighted by Crippen LogP contribution is -2.41. The fourth-order valence-corrected chi connectivity index (χ4v) is 1.50. The largest absolute Gasteiger partial charge is 0.335 e. The van der Waals surface area contributed by atoms with Crippen molar-refractivity contribution >= 4 is 6.03 Å². The number of carbonyl (C=O) groups excluding carboxylic acids is 1. The van der Waals surface area contributed by atoms with E-state index in [0.29, 0.717) is 6.04 Å². The third kappa shape index (κ3) is 2.40. The van der Waals surface area contributed by atoms with Crippen molar-refractivity contribution in [1.29, 1.82) is 0 Å². The monoisotopic (exact) mass is 170 g/mol. The molecule has 3 heteroatoms. The highest BCUT2D eigenvalue weighted by molar-refractivity contribution is 5.74. The van der Waals surface area contributed by atoms with E-state index in [2.05, 4.69) is 5.32 Å². The van der Waals surface area contributed by atoms with Gasteiger partial charge in [0.05, 0.1) is 0 Å². The standard InChI is InChI=1S/C9H18N2O/c1-3-11(2)9(12)10-8-6-4-5-7-8/h8H,3-7H2,1-2H3,(H,10,12). The Morgan fingerprint density at radius 1 is 1.50 bits per heavy atom. The van der Waals surface area contributed by atoms with Crippen molar-refractivity contribution in [1.82, 2.24) is 10.2 Å². The second kappa shape index (κ2) is 4.33. The molecule has 1 aliphatic rings. The Morgan fingerprint density at radius 2 is 2.08 bits per heavy atom. The smallest absolute Gasteiger partial charge is 0.317 e. The number of nitrogens with one attached hydrogen (secondary N) is 1. The number of urea groups is 1. The molecule has 1 N–H and O–H groups in total. The van der Waals surface area contributed by atoms with E-state index in [0.717, 1.165) is 19.4 Å². The first-order chi connectivity index (χ1) is 5.74. The zero-order valence-corrected chi connectivity index (χ0v) is 7.97. The summed E-state index contributed by atoms with van der Waals surface area (Å²) in [5.41, 5.74) is 0. The van der Waals surface area contributed by atoms with Gasteiger partial charge in [0.1, 0.15) is 0 Å². The predicted molar refractivity (Wildman–Crippen MR) is 49.1 cm³/mol. The van der Waals surface area contributed by atoms with Crippen LogP contribution in [0.3, 0.4) is 0 Å². The summed E-state index contributed by atoms with van der Waals surface area (Å²) in [6, 6.07) is 0.510. The van der Waals surface area contributed by atoms with Crippen LogP contribution in [0.5, 0.6) is 0 Å². The van der Waals surface area contributed by atoms with Crippen molar-refractivity contribution < 1.29 is 4.79 Å². The molecule has 1 fully saturated rings. The molecule has 0 bridgehead atoms. The first-order valence-corrected chi connectivity index (χ1v) is 4.75. The number of hydrogen-bond donors (Lipinski definition) is 1. The summed E-state index contributed by atoms with van der Waals surface area (Å²) in [6.45, 7) is 2.76. The van der Waals surface area contributed by atoms with Gasteiger partial charge in [0.15, 0.2) is 0 Å². The molecule has 0 saturated heterocycles. The third-order valence-electron chi connectivity index (χ3n) is 2.50. The lowest BCUT2D eigenvalue weighted by atomic mass is 10.2. The molecule has 0 aromatic rings. The number of nitrogens with zero attached hydrogens (tertiary/aromatic N) is 1. The van der Waals surface area contributed by atoms with Crippen molar-refractivity contribution in [2.24, 2.45) is 0 Å². The first-order valence-electron chi connectivity index (χ1n) is 4.75. The average molecular weight is 170 g/mol. The Kier molecular flexibility index (Phi) is 3.38. The predicted octanol–water partition coefficient (Wildman–Crippen LogP) is 1.59. The molecule has 0 aliphatic heterocycles. The second-order valence-electron chi connectivity index (χ2n) is 3.45. The molecule has 0 heterocycles. The van der Waals surface area contributed by atoms with Gasteiger partial charge in [0.25, 0.3) is 0 Å².